The summed E-state index contributed by atoms with van der Waals surface area (Å²) in [7, 11) is 2.02. The Morgan fingerprint density at radius 2 is 2.25 bits per heavy atom. The summed E-state index contributed by atoms with van der Waals surface area (Å²) in [6.45, 7) is 2.27. The molecule has 2 heterocycles. The zero-order valence-electron chi connectivity index (χ0n) is 10.1. The van der Waals surface area contributed by atoms with E-state index in [2.05, 4.69) is 9.88 Å². The van der Waals surface area contributed by atoms with Gasteiger partial charge in [0.1, 0.15) is 5.82 Å². The third-order valence-electron chi connectivity index (χ3n) is 3.78. The summed E-state index contributed by atoms with van der Waals surface area (Å²) in [4.78, 5) is 4.91. The van der Waals surface area contributed by atoms with E-state index in [1.54, 1.807) is 5.69 Å². The van der Waals surface area contributed by atoms with E-state index in [9.17, 15) is 0 Å². The molecule has 0 saturated heterocycles. The Balaban J connectivity index is 1.91. The highest BCUT2D eigenvalue weighted by Gasteiger charge is 2.31. The second kappa shape index (κ2) is 4.21. The van der Waals surface area contributed by atoms with Gasteiger partial charge in [-0.15, -0.1) is 0 Å². The van der Waals surface area contributed by atoms with Gasteiger partial charge >= 0.3 is 0 Å². The SMILES string of the molecule is CNCCc1nc(C2CC2)n2c1CCCC2. The molecule has 16 heavy (non-hydrogen) atoms. The maximum Gasteiger partial charge on any atom is 0.112 e. The van der Waals surface area contributed by atoms with Crippen molar-refractivity contribution in [1.29, 1.82) is 0 Å². The van der Waals surface area contributed by atoms with Gasteiger partial charge in [-0.2, -0.15) is 0 Å². The topological polar surface area (TPSA) is 29.9 Å². The van der Waals surface area contributed by atoms with E-state index in [1.807, 2.05) is 7.05 Å². The highest BCUT2D eigenvalue weighted by molar-refractivity contribution is 5.23. The number of hydrogen-bond donors (Lipinski definition) is 1. The molecule has 1 fully saturated rings. The first-order chi connectivity index (χ1) is 7.90. The summed E-state index contributed by atoms with van der Waals surface area (Å²) in [6, 6.07) is 0. The lowest BCUT2D eigenvalue weighted by molar-refractivity contribution is 0.512. The molecule has 0 amide bonds. The molecule has 0 bridgehead atoms. The Labute approximate surface area is 97.3 Å². The van der Waals surface area contributed by atoms with Crippen molar-refractivity contribution in [2.24, 2.45) is 0 Å². The van der Waals surface area contributed by atoms with Crippen LogP contribution in [-0.4, -0.2) is 23.1 Å². The average molecular weight is 219 g/mol. The van der Waals surface area contributed by atoms with Crippen molar-refractivity contribution in [2.45, 2.75) is 51.0 Å². The molecule has 1 aromatic heterocycles. The molecule has 3 heteroatoms. The first kappa shape index (κ1) is 10.3. The molecule has 1 saturated carbocycles. The molecule has 1 aromatic rings. The van der Waals surface area contributed by atoms with Crippen molar-refractivity contribution >= 4 is 0 Å². The maximum absolute atomic E-state index is 4.91. The number of nitrogens with one attached hydrogen (secondary N) is 1. The lowest BCUT2D eigenvalue weighted by Crippen LogP contribution is -2.15. The lowest BCUT2D eigenvalue weighted by atomic mass is 10.1. The van der Waals surface area contributed by atoms with Gasteiger partial charge in [0.2, 0.25) is 0 Å². The van der Waals surface area contributed by atoms with Crippen LogP contribution in [0.2, 0.25) is 0 Å². The molecule has 3 nitrogen and oxygen atoms in total. The summed E-state index contributed by atoms with van der Waals surface area (Å²) in [5, 5.41) is 3.23. The Hall–Kier alpha value is -0.830. The van der Waals surface area contributed by atoms with Gasteiger partial charge in [-0.1, -0.05) is 0 Å². The highest BCUT2D eigenvalue weighted by atomic mass is 15.1. The molecule has 0 radical (unpaired) electrons. The molecule has 3 rings (SSSR count). The van der Waals surface area contributed by atoms with Crippen molar-refractivity contribution in [2.75, 3.05) is 13.6 Å². The number of hydrogen-bond acceptors (Lipinski definition) is 2. The standard InChI is InChI=1S/C13H21N3/c1-14-8-7-11-12-4-2-3-9-16(12)13(15-11)10-5-6-10/h10,14H,2-9H2,1H3. The van der Waals surface area contributed by atoms with Crippen molar-refractivity contribution in [1.82, 2.24) is 14.9 Å². The quantitative estimate of drug-likeness (QED) is 0.837. The van der Waals surface area contributed by atoms with Gasteiger partial charge < -0.3 is 9.88 Å². The van der Waals surface area contributed by atoms with Crippen LogP contribution in [0.3, 0.4) is 0 Å². The average Bonchev–Trinajstić information content (AvgIpc) is 3.10. The Morgan fingerprint density at radius 1 is 1.38 bits per heavy atom. The van der Waals surface area contributed by atoms with Crippen LogP contribution in [0, 0.1) is 0 Å². The van der Waals surface area contributed by atoms with Gasteiger partial charge in [-0.25, -0.2) is 4.98 Å². The number of likely N-dealkylation sites (N-methyl/N-ethyl adjacent to an activating group) is 1. The highest BCUT2D eigenvalue weighted by Crippen LogP contribution is 2.41. The zero-order valence-corrected chi connectivity index (χ0v) is 10.1. The van der Waals surface area contributed by atoms with Crippen molar-refractivity contribution in [3.8, 4) is 0 Å². The van der Waals surface area contributed by atoms with Gasteiger partial charge in [0, 0.05) is 31.1 Å². The van der Waals surface area contributed by atoms with E-state index >= 15 is 0 Å². The first-order valence-electron chi connectivity index (χ1n) is 6.63. The van der Waals surface area contributed by atoms with E-state index in [1.165, 1.54) is 50.2 Å². The van der Waals surface area contributed by atoms with Crippen LogP contribution in [-0.2, 0) is 19.4 Å². The van der Waals surface area contributed by atoms with Crippen molar-refractivity contribution in [3.05, 3.63) is 17.2 Å². The van der Waals surface area contributed by atoms with E-state index in [0.29, 0.717) is 0 Å². The molecule has 1 aliphatic carbocycles. The Morgan fingerprint density at radius 3 is 3.00 bits per heavy atom. The monoisotopic (exact) mass is 219 g/mol. The number of imidazole rings is 1. The van der Waals surface area contributed by atoms with Crippen LogP contribution in [0.4, 0.5) is 0 Å². The van der Waals surface area contributed by atoms with Crippen LogP contribution in [0.1, 0.15) is 48.8 Å². The van der Waals surface area contributed by atoms with Gasteiger partial charge in [0.15, 0.2) is 0 Å². The fourth-order valence-corrected chi connectivity index (χ4v) is 2.75. The molecule has 88 valence electrons. The largest absolute Gasteiger partial charge is 0.332 e. The van der Waals surface area contributed by atoms with E-state index < -0.39 is 0 Å². The molecule has 1 N–H and O–H groups in total. The summed E-state index contributed by atoms with van der Waals surface area (Å²) in [5.41, 5.74) is 2.92. The summed E-state index contributed by atoms with van der Waals surface area (Å²) in [5.74, 6) is 2.20. The van der Waals surface area contributed by atoms with E-state index in [0.717, 1.165) is 18.9 Å². The van der Waals surface area contributed by atoms with Gasteiger partial charge in [0.25, 0.3) is 0 Å². The Bertz CT molecular complexity index is 377. The molecule has 2 aliphatic rings. The van der Waals surface area contributed by atoms with Crippen molar-refractivity contribution < 1.29 is 0 Å². The maximum atomic E-state index is 4.91. The predicted molar refractivity (Wildman–Crippen MR) is 64.8 cm³/mol. The molecule has 0 spiro atoms. The minimum atomic E-state index is 0.792. The summed E-state index contributed by atoms with van der Waals surface area (Å²) in [6.07, 6.45) is 7.76. The number of fused-ring (bicyclic) bond motifs is 1. The van der Waals surface area contributed by atoms with Crippen molar-refractivity contribution in [3.63, 3.8) is 0 Å². The molecule has 1 aliphatic heterocycles. The molecule has 0 atom stereocenters. The minimum Gasteiger partial charge on any atom is -0.332 e. The smallest absolute Gasteiger partial charge is 0.112 e. The second-order valence-corrected chi connectivity index (χ2v) is 5.10. The molecule has 0 aromatic carbocycles. The molecule has 0 unspecified atom stereocenters. The second-order valence-electron chi connectivity index (χ2n) is 5.10. The lowest BCUT2D eigenvalue weighted by Gasteiger charge is -2.17. The molecular formula is C13H21N3. The van der Waals surface area contributed by atoms with Crippen LogP contribution in [0.15, 0.2) is 0 Å². The van der Waals surface area contributed by atoms with Crippen LogP contribution in [0.5, 0.6) is 0 Å². The fourth-order valence-electron chi connectivity index (χ4n) is 2.75. The van der Waals surface area contributed by atoms with Gasteiger partial charge in [-0.05, 0) is 39.2 Å². The number of nitrogens with zero attached hydrogens (tertiary/aromatic N) is 2. The number of aromatic nitrogens is 2. The first-order valence-corrected chi connectivity index (χ1v) is 6.63. The zero-order chi connectivity index (χ0) is 11.0. The van der Waals surface area contributed by atoms with Gasteiger partial charge in [-0.3, -0.25) is 0 Å². The minimum absolute atomic E-state index is 0.792. The Kier molecular flexibility index (Phi) is 2.72. The predicted octanol–water partition coefficient (Wildman–Crippen LogP) is 1.86. The van der Waals surface area contributed by atoms with Gasteiger partial charge in [0.05, 0.1) is 5.69 Å². The number of rotatable bonds is 4. The fraction of sp³-hybridized carbons (Fsp3) is 0.769. The molecular weight excluding hydrogens is 198 g/mol. The normalized spacial score (nSPS) is 19.8. The van der Waals surface area contributed by atoms with Crippen LogP contribution < -0.4 is 5.32 Å². The summed E-state index contributed by atoms with van der Waals surface area (Å²) < 4.78 is 2.53. The van der Waals surface area contributed by atoms with Crippen LogP contribution >= 0.6 is 0 Å². The summed E-state index contributed by atoms with van der Waals surface area (Å²) >= 11 is 0. The van der Waals surface area contributed by atoms with E-state index in [4.69, 9.17) is 4.98 Å². The third kappa shape index (κ3) is 1.77. The van der Waals surface area contributed by atoms with Crippen LogP contribution in [0.25, 0.3) is 0 Å². The van der Waals surface area contributed by atoms with E-state index in [-0.39, 0.29) is 0 Å². The third-order valence-corrected chi connectivity index (χ3v) is 3.78.